The molecule has 0 amide bonds. The van der Waals surface area contributed by atoms with Crippen LogP contribution in [0.3, 0.4) is 0 Å². The SMILES string of the molecule is C1CNCCN1.c1ccc2c(c1)Nc1ccccc1S2. The van der Waals surface area contributed by atoms with Gasteiger partial charge in [0.15, 0.2) is 0 Å². The Balaban J connectivity index is 0.000000170. The average molecular weight is 285 g/mol. The zero-order valence-corrected chi connectivity index (χ0v) is 12.2. The van der Waals surface area contributed by atoms with E-state index in [1.807, 2.05) is 11.8 Å². The number of piperazine rings is 1. The minimum Gasteiger partial charge on any atom is -0.354 e. The molecule has 20 heavy (non-hydrogen) atoms. The van der Waals surface area contributed by atoms with Gasteiger partial charge in [0.1, 0.15) is 0 Å². The summed E-state index contributed by atoms with van der Waals surface area (Å²) in [6.07, 6.45) is 0. The van der Waals surface area contributed by atoms with Gasteiger partial charge in [0, 0.05) is 36.0 Å². The number of nitrogens with one attached hydrogen (secondary N) is 3. The van der Waals surface area contributed by atoms with Crippen molar-refractivity contribution in [1.29, 1.82) is 0 Å². The monoisotopic (exact) mass is 285 g/mol. The predicted molar refractivity (Wildman–Crippen MR) is 86.0 cm³/mol. The van der Waals surface area contributed by atoms with Crippen LogP contribution < -0.4 is 16.0 Å². The van der Waals surface area contributed by atoms with Crippen molar-refractivity contribution in [3.05, 3.63) is 48.5 Å². The lowest BCUT2D eigenvalue weighted by molar-refractivity contribution is 0.534. The van der Waals surface area contributed by atoms with Crippen LogP contribution in [0, 0.1) is 0 Å². The number of benzene rings is 2. The van der Waals surface area contributed by atoms with Gasteiger partial charge in [-0.15, -0.1) is 0 Å². The molecule has 2 aromatic rings. The lowest BCUT2D eigenvalue weighted by Gasteiger charge is -2.19. The van der Waals surface area contributed by atoms with Gasteiger partial charge >= 0.3 is 0 Å². The molecular formula is C16H19N3S. The molecule has 2 heterocycles. The third kappa shape index (κ3) is 3.33. The summed E-state index contributed by atoms with van der Waals surface area (Å²) in [4.78, 5) is 2.59. The zero-order valence-electron chi connectivity index (χ0n) is 11.4. The second-order valence-corrected chi connectivity index (χ2v) is 5.80. The number of hydrogen-bond donors (Lipinski definition) is 3. The molecule has 0 spiro atoms. The maximum atomic E-state index is 3.42. The summed E-state index contributed by atoms with van der Waals surface area (Å²) in [5.74, 6) is 0. The molecule has 0 bridgehead atoms. The quantitative estimate of drug-likeness (QED) is 0.593. The van der Waals surface area contributed by atoms with Crippen molar-refractivity contribution < 1.29 is 0 Å². The molecule has 1 saturated heterocycles. The van der Waals surface area contributed by atoms with E-state index in [2.05, 4.69) is 64.5 Å². The molecule has 104 valence electrons. The van der Waals surface area contributed by atoms with Crippen LogP contribution in [0.4, 0.5) is 11.4 Å². The third-order valence-corrected chi connectivity index (χ3v) is 4.37. The Labute approximate surface area is 124 Å². The number of anilines is 2. The maximum Gasteiger partial charge on any atom is 0.0526 e. The van der Waals surface area contributed by atoms with Gasteiger partial charge in [0.25, 0.3) is 0 Å². The van der Waals surface area contributed by atoms with Gasteiger partial charge in [-0.2, -0.15) is 0 Å². The molecule has 0 unspecified atom stereocenters. The molecule has 4 heteroatoms. The van der Waals surface area contributed by atoms with Crippen molar-refractivity contribution in [2.75, 3.05) is 31.5 Å². The van der Waals surface area contributed by atoms with Crippen LogP contribution in [-0.2, 0) is 0 Å². The van der Waals surface area contributed by atoms with Crippen molar-refractivity contribution in [3.8, 4) is 0 Å². The summed E-state index contributed by atoms with van der Waals surface area (Å²) in [7, 11) is 0. The lowest BCUT2D eigenvalue weighted by Crippen LogP contribution is -2.39. The normalized spacial score (nSPS) is 16.0. The van der Waals surface area contributed by atoms with Gasteiger partial charge in [-0.25, -0.2) is 0 Å². The van der Waals surface area contributed by atoms with E-state index in [0.29, 0.717) is 0 Å². The van der Waals surface area contributed by atoms with Crippen molar-refractivity contribution >= 4 is 23.1 Å². The summed E-state index contributed by atoms with van der Waals surface area (Å²) in [5.41, 5.74) is 2.41. The minimum atomic E-state index is 1.14. The first-order chi connectivity index (χ1) is 9.93. The standard InChI is InChI=1S/C12H9NS.C4H10N2/c1-3-7-11-9(5-1)13-10-6-2-4-8-12(10)14-11;1-2-6-4-3-5-1/h1-8,13H;5-6H,1-4H2. The first-order valence-corrected chi connectivity index (χ1v) is 7.79. The van der Waals surface area contributed by atoms with Crippen LogP contribution in [0.1, 0.15) is 0 Å². The second-order valence-electron chi connectivity index (χ2n) is 4.72. The average Bonchev–Trinajstić information content (AvgIpc) is 2.55. The molecule has 4 rings (SSSR count). The Morgan fingerprint density at radius 3 is 1.55 bits per heavy atom. The summed E-state index contributed by atoms with van der Waals surface area (Å²) in [6, 6.07) is 16.8. The molecule has 2 aliphatic rings. The van der Waals surface area contributed by atoms with Crippen LogP contribution in [0.2, 0.25) is 0 Å². The van der Waals surface area contributed by atoms with Gasteiger partial charge < -0.3 is 16.0 Å². The van der Waals surface area contributed by atoms with E-state index >= 15 is 0 Å². The van der Waals surface area contributed by atoms with E-state index in [1.54, 1.807) is 0 Å². The molecular weight excluding hydrogens is 266 g/mol. The van der Waals surface area contributed by atoms with Gasteiger partial charge in [0.2, 0.25) is 0 Å². The highest BCUT2D eigenvalue weighted by molar-refractivity contribution is 7.99. The highest BCUT2D eigenvalue weighted by Crippen LogP contribution is 2.43. The predicted octanol–water partition coefficient (Wildman–Crippen LogP) is 3.07. The first kappa shape index (κ1) is 13.5. The van der Waals surface area contributed by atoms with Gasteiger partial charge in [-0.3, -0.25) is 0 Å². The summed E-state index contributed by atoms with van der Waals surface area (Å²) >= 11 is 1.82. The van der Waals surface area contributed by atoms with E-state index in [9.17, 15) is 0 Å². The van der Waals surface area contributed by atoms with Crippen molar-refractivity contribution in [1.82, 2.24) is 10.6 Å². The Bertz CT molecular complexity index is 468. The summed E-state index contributed by atoms with van der Waals surface area (Å²) in [5, 5.41) is 9.86. The molecule has 0 radical (unpaired) electrons. The van der Waals surface area contributed by atoms with E-state index < -0.39 is 0 Å². The third-order valence-electron chi connectivity index (χ3n) is 3.22. The largest absolute Gasteiger partial charge is 0.354 e. The summed E-state index contributed by atoms with van der Waals surface area (Å²) < 4.78 is 0. The molecule has 0 saturated carbocycles. The summed E-state index contributed by atoms with van der Waals surface area (Å²) in [6.45, 7) is 4.56. The number of rotatable bonds is 0. The molecule has 3 nitrogen and oxygen atoms in total. The number of fused-ring (bicyclic) bond motifs is 2. The van der Waals surface area contributed by atoms with Crippen LogP contribution in [0.15, 0.2) is 58.3 Å². The molecule has 0 aromatic heterocycles. The maximum absolute atomic E-state index is 3.42. The first-order valence-electron chi connectivity index (χ1n) is 6.98. The Kier molecular flexibility index (Phi) is 4.58. The smallest absolute Gasteiger partial charge is 0.0526 e. The van der Waals surface area contributed by atoms with Gasteiger partial charge in [-0.05, 0) is 24.3 Å². The fraction of sp³-hybridized carbons (Fsp3) is 0.250. The molecule has 2 aliphatic heterocycles. The lowest BCUT2D eigenvalue weighted by atomic mass is 10.2. The molecule has 0 aliphatic carbocycles. The van der Waals surface area contributed by atoms with E-state index in [1.165, 1.54) is 21.2 Å². The Morgan fingerprint density at radius 1 is 0.650 bits per heavy atom. The van der Waals surface area contributed by atoms with E-state index in [0.717, 1.165) is 26.2 Å². The van der Waals surface area contributed by atoms with Crippen molar-refractivity contribution in [2.45, 2.75) is 9.79 Å². The Hall–Kier alpha value is -1.49. The number of hydrogen-bond acceptors (Lipinski definition) is 4. The van der Waals surface area contributed by atoms with Crippen LogP contribution in [0.25, 0.3) is 0 Å². The van der Waals surface area contributed by atoms with E-state index in [-0.39, 0.29) is 0 Å². The Morgan fingerprint density at radius 2 is 1.10 bits per heavy atom. The minimum absolute atomic E-state index is 1.14. The molecule has 2 aromatic carbocycles. The van der Waals surface area contributed by atoms with Crippen LogP contribution in [-0.4, -0.2) is 26.2 Å². The fourth-order valence-corrected chi connectivity index (χ4v) is 3.17. The highest BCUT2D eigenvalue weighted by Gasteiger charge is 2.13. The van der Waals surface area contributed by atoms with Gasteiger partial charge in [-0.1, -0.05) is 36.0 Å². The van der Waals surface area contributed by atoms with Gasteiger partial charge in [0.05, 0.1) is 11.4 Å². The van der Waals surface area contributed by atoms with Crippen LogP contribution >= 0.6 is 11.8 Å². The molecule has 1 fully saturated rings. The zero-order chi connectivity index (χ0) is 13.6. The van der Waals surface area contributed by atoms with E-state index in [4.69, 9.17) is 0 Å². The fourth-order valence-electron chi connectivity index (χ4n) is 2.18. The second kappa shape index (κ2) is 6.79. The van der Waals surface area contributed by atoms with Crippen molar-refractivity contribution in [3.63, 3.8) is 0 Å². The number of para-hydroxylation sites is 2. The topological polar surface area (TPSA) is 36.1 Å². The molecule has 3 N–H and O–H groups in total. The highest BCUT2D eigenvalue weighted by atomic mass is 32.2. The van der Waals surface area contributed by atoms with Crippen LogP contribution in [0.5, 0.6) is 0 Å². The molecule has 0 atom stereocenters. The van der Waals surface area contributed by atoms with Crippen molar-refractivity contribution in [2.24, 2.45) is 0 Å².